The van der Waals surface area contributed by atoms with Gasteiger partial charge in [-0.2, -0.15) is 0 Å². The average Bonchev–Trinajstić information content (AvgIpc) is 2.36. The molecule has 0 aromatic carbocycles. The van der Waals surface area contributed by atoms with E-state index in [1.54, 1.807) is 6.92 Å². The molecule has 1 aromatic rings. The first-order chi connectivity index (χ1) is 10.3. The highest BCUT2D eigenvalue weighted by molar-refractivity contribution is 5.32. The normalized spacial score (nSPS) is 13.0. The Balaban J connectivity index is 2.77. The van der Waals surface area contributed by atoms with Crippen molar-refractivity contribution in [2.45, 2.75) is 59.5 Å². The summed E-state index contributed by atoms with van der Waals surface area (Å²) in [5.41, 5.74) is 2.18. The molecule has 0 fully saturated rings. The first-order valence-corrected chi connectivity index (χ1v) is 7.61. The van der Waals surface area contributed by atoms with Gasteiger partial charge in [0.1, 0.15) is 11.5 Å². The largest absolute Gasteiger partial charge is 0.507 e. The number of allylic oxidation sites excluding steroid dienone is 4. The summed E-state index contributed by atoms with van der Waals surface area (Å²) in [6.07, 6.45) is 5.96. The van der Waals surface area contributed by atoms with Gasteiger partial charge in [-0.1, -0.05) is 23.3 Å². The van der Waals surface area contributed by atoms with E-state index in [2.05, 4.69) is 19.9 Å². The van der Waals surface area contributed by atoms with E-state index in [0.717, 1.165) is 12.8 Å². The Labute approximate surface area is 131 Å². The summed E-state index contributed by atoms with van der Waals surface area (Å²) in [7, 11) is 0. The van der Waals surface area contributed by atoms with Gasteiger partial charge in [-0.25, -0.2) is 4.79 Å². The maximum absolute atomic E-state index is 11.9. The third-order valence-corrected chi connectivity index (χ3v) is 3.32. The molecule has 1 heterocycles. The topological polar surface area (TPSA) is 70.7 Å². The fourth-order valence-electron chi connectivity index (χ4n) is 2.10. The smallest absolute Gasteiger partial charge is 0.343 e. The van der Waals surface area contributed by atoms with Crippen molar-refractivity contribution in [3.8, 4) is 5.75 Å². The lowest BCUT2D eigenvalue weighted by molar-refractivity contribution is 0.185. The van der Waals surface area contributed by atoms with Crippen molar-refractivity contribution in [1.82, 2.24) is 0 Å². The summed E-state index contributed by atoms with van der Waals surface area (Å²) in [4.78, 5) is 11.9. The van der Waals surface area contributed by atoms with Crippen molar-refractivity contribution >= 4 is 0 Å². The second kappa shape index (κ2) is 8.59. The van der Waals surface area contributed by atoms with Crippen LogP contribution >= 0.6 is 0 Å². The van der Waals surface area contributed by atoms with Crippen LogP contribution in [0.4, 0.5) is 0 Å². The maximum Gasteiger partial charge on any atom is 0.343 e. The van der Waals surface area contributed by atoms with Crippen LogP contribution < -0.4 is 5.63 Å². The van der Waals surface area contributed by atoms with Crippen molar-refractivity contribution < 1.29 is 14.6 Å². The summed E-state index contributed by atoms with van der Waals surface area (Å²) in [5, 5.41) is 19.3. The fourth-order valence-corrected chi connectivity index (χ4v) is 2.10. The van der Waals surface area contributed by atoms with Gasteiger partial charge < -0.3 is 14.6 Å². The van der Waals surface area contributed by atoms with Gasteiger partial charge in [0.25, 0.3) is 0 Å². The van der Waals surface area contributed by atoms with Crippen molar-refractivity contribution in [2.24, 2.45) is 0 Å². The van der Waals surface area contributed by atoms with Gasteiger partial charge in [0, 0.05) is 18.9 Å². The maximum atomic E-state index is 11.9. The Morgan fingerprint density at radius 1 is 1.32 bits per heavy atom. The van der Waals surface area contributed by atoms with Crippen LogP contribution in [0.15, 0.2) is 38.6 Å². The second-order valence-corrected chi connectivity index (χ2v) is 5.99. The molecule has 0 radical (unpaired) electrons. The molecule has 122 valence electrons. The highest BCUT2D eigenvalue weighted by Crippen LogP contribution is 2.18. The summed E-state index contributed by atoms with van der Waals surface area (Å²) >= 11 is 0. The van der Waals surface area contributed by atoms with Crippen LogP contribution in [-0.2, 0) is 12.8 Å². The Bertz CT molecular complexity index is 602. The molecule has 2 N–H and O–H groups in total. The molecular weight excluding hydrogens is 280 g/mol. The highest BCUT2D eigenvalue weighted by Gasteiger charge is 2.11. The lowest BCUT2D eigenvalue weighted by Crippen LogP contribution is -2.12. The zero-order valence-electron chi connectivity index (χ0n) is 13.8. The van der Waals surface area contributed by atoms with E-state index in [0.29, 0.717) is 12.2 Å². The van der Waals surface area contributed by atoms with E-state index >= 15 is 0 Å². The minimum absolute atomic E-state index is 0.0692. The van der Waals surface area contributed by atoms with Crippen molar-refractivity contribution in [3.63, 3.8) is 0 Å². The fraction of sp³-hybridized carbons (Fsp3) is 0.500. The van der Waals surface area contributed by atoms with Crippen LogP contribution in [0.2, 0.25) is 0 Å². The molecule has 0 aliphatic heterocycles. The van der Waals surface area contributed by atoms with Crippen LogP contribution in [0.3, 0.4) is 0 Å². The molecule has 0 amide bonds. The lowest BCUT2D eigenvalue weighted by Gasteiger charge is -2.06. The van der Waals surface area contributed by atoms with E-state index in [-0.39, 0.29) is 17.7 Å². The van der Waals surface area contributed by atoms with Gasteiger partial charge in [-0.05, 0) is 40.5 Å². The van der Waals surface area contributed by atoms with Gasteiger partial charge in [0.2, 0.25) is 0 Å². The molecule has 0 saturated carbocycles. The number of aliphatic hydroxyl groups excluding tert-OH is 1. The number of aromatic hydroxyl groups is 1. The Hall–Kier alpha value is -1.81. The number of hydrogen-bond donors (Lipinski definition) is 2. The van der Waals surface area contributed by atoms with Gasteiger partial charge in [0.15, 0.2) is 0 Å². The highest BCUT2D eigenvalue weighted by atomic mass is 16.4. The third kappa shape index (κ3) is 6.31. The molecule has 22 heavy (non-hydrogen) atoms. The van der Waals surface area contributed by atoms with Crippen LogP contribution in [0.1, 0.15) is 51.9 Å². The Morgan fingerprint density at radius 2 is 2.00 bits per heavy atom. The molecular formula is C18H26O4. The lowest BCUT2D eigenvalue weighted by atomic mass is 10.1. The zero-order valence-corrected chi connectivity index (χ0v) is 13.8. The number of aliphatic hydroxyl groups is 1. The van der Waals surface area contributed by atoms with Crippen molar-refractivity contribution in [1.29, 1.82) is 0 Å². The van der Waals surface area contributed by atoms with E-state index in [4.69, 9.17) is 4.42 Å². The van der Waals surface area contributed by atoms with E-state index in [9.17, 15) is 15.0 Å². The van der Waals surface area contributed by atoms with Crippen molar-refractivity contribution in [2.75, 3.05) is 0 Å². The SMILES string of the molecule is CC(C)=CCC/C(C)=C/Cc1c(O)cc(C[C@@H](C)O)oc1=O. The van der Waals surface area contributed by atoms with Crippen LogP contribution in [0.5, 0.6) is 5.75 Å². The van der Waals surface area contributed by atoms with Gasteiger partial charge in [-0.15, -0.1) is 0 Å². The molecule has 1 atom stereocenters. The van der Waals surface area contributed by atoms with Crippen LogP contribution in [0, 0.1) is 0 Å². The van der Waals surface area contributed by atoms with E-state index in [1.165, 1.54) is 17.2 Å². The first-order valence-electron chi connectivity index (χ1n) is 7.61. The predicted octanol–water partition coefficient (Wildman–Crippen LogP) is 3.50. The minimum atomic E-state index is -0.620. The average molecular weight is 306 g/mol. The molecule has 0 spiro atoms. The molecule has 0 aliphatic carbocycles. The standard InChI is InChI=1S/C18H26O4/c1-12(2)6-5-7-13(3)8-9-16-17(20)11-15(10-14(4)19)22-18(16)21/h6,8,11,14,19-20H,5,7,9-10H2,1-4H3/b13-8+/t14-/m1/s1. The molecule has 0 unspecified atom stereocenters. The van der Waals surface area contributed by atoms with Crippen LogP contribution in [0.25, 0.3) is 0 Å². The van der Waals surface area contributed by atoms with E-state index in [1.807, 2.05) is 13.0 Å². The second-order valence-electron chi connectivity index (χ2n) is 5.99. The predicted molar refractivity (Wildman–Crippen MR) is 88.2 cm³/mol. The van der Waals surface area contributed by atoms with Crippen molar-refractivity contribution in [3.05, 3.63) is 51.1 Å². The zero-order chi connectivity index (χ0) is 16.7. The molecule has 1 rings (SSSR count). The van der Waals surface area contributed by atoms with Gasteiger partial charge in [-0.3, -0.25) is 0 Å². The van der Waals surface area contributed by atoms with Gasteiger partial charge >= 0.3 is 5.63 Å². The Kier molecular flexibility index (Phi) is 7.12. The summed E-state index contributed by atoms with van der Waals surface area (Å²) in [5.74, 6) is 0.228. The summed E-state index contributed by atoms with van der Waals surface area (Å²) in [6, 6.07) is 1.41. The summed E-state index contributed by atoms with van der Waals surface area (Å²) in [6.45, 7) is 7.75. The van der Waals surface area contributed by atoms with E-state index < -0.39 is 11.7 Å². The molecule has 0 aliphatic rings. The minimum Gasteiger partial charge on any atom is -0.507 e. The third-order valence-electron chi connectivity index (χ3n) is 3.32. The number of hydrogen-bond acceptors (Lipinski definition) is 4. The molecule has 1 aromatic heterocycles. The number of rotatable bonds is 7. The first kappa shape index (κ1) is 18.2. The Morgan fingerprint density at radius 3 is 2.55 bits per heavy atom. The quantitative estimate of drug-likeness (QED) is 0.756. The van der Waals surface area contributed by atoms with Gasteiger partial charge in [0.05, 0.1) is 11.7 Å². The molecule has 0 bridgehead atoms. The summed E-state index contributed by atoms with van der Waals surface area (Å²) < 4.78 is 5.13. The monoisotopic (exact) mass is 306 g/mol. The molecule has 4 nitrogen and oxygen atoms in total. The molecule has 4 heteroatoms. The molecule has 0 saturated heterocycles. The van der Waals surface area contributed by atoms with Crippen LogP contribution in [-0.4, -0.2) is 16.3 Å².